The molecule has 6 heteroatoms. The first-order valence-corrected chi connectivity index (χ1v) is 12.6. The first-order chi connectivity index (χ1) is 15.4. The van der Waals surface area contributed by atoms with Crippen LogP contribution in [-0.4, -0.2) is 44.6 Å². The van der Waals surface area contributed by atoms with Crippen LogP contribution in [0.15, 0.2) is 24.8 Å². The summed E-state index contributed by atoms with van der Waals surface area (Å²) in [5.41, 5.74) is -1.46. The molecule has 0 spiro atoms. The number of esters is 2. The van der Waals surface area contributed by atoms with E-state index in [0.29, 0.717) is 42.1 Å². The standard InChI is InChI=1S/C14H20O3.C13H18O3/c1-9(2)12(15)17-14-6-10-3-11(7-14)5-13(16,4-10)8-14;1-2-11(14)16-13-6-9-3-10(7-13)5-12(15,4-9)8-13/h10-11,16H,1,3-8H2,2H3;2,9-10,15H,1,3-8H2. The molecule has 8 saturated carbocycles. The molecular formula is C27H38O6. The third kappa shape index (κ3) is 4.41. The molecule has 4 unspecified atom stereocenters. The van der Waals surface area contributed by atoms with E-state index in [9.17, 15) is 19.8 Å². The van der Waals surface area contributed by atoms with Crippen molar-refractivity contribution in [2.24, 2.45) is 23.7 Å². The van der Waals surface area contributed by atoms with Gasteiger partial charge in [0.15, 0.2) is 0 Å². The molecule has 0 aromatic carbocycles. The third-order valence-electron chi connectivity index (χ3n) is 9.09. The van der Waals surface area contributed by atoms with Gasteiger partial charge in [-0.05, 0) is 94.8 Å². The van der Waals surface area contributed by atoms with Gasteiger partial charge in [-0.1, -0.05) is 13.2 Å². The lowest BCUT2D eigenvalue weighted by Crippen LogP contribution is -2.60. The lowest BCUT2D eigenvalue weighted by Gasteiger charge is -2.59. The lowest BCUT2D eigenvalue weighted by molar-refractivity contribution is -0.218. The minimum absolute atomic E-state index is 0.296. The van der Waals surface area contributed by atoms with Crippen LogP contribution in [0.4, 0.5) is 0 Å². The summed E-state index contributed by atoms with van der Waals surface area (Å²) in [5.74, 6) is 1.53. The third-order valence-corrected chi connectivity index (χ3v) is 9.09. The van der Waals surface area contributed by atoms with Gasteiger partial charge in [0.25, 0.3) is 0 Å². The van der Waals surface area contributed by atoms with E-state index >= 15 is 0 Å². The number of hydrogen-bond donors (Lipinski definition) is 2. The van der Waals surface area contributed by atoms with Gasteiger partial charge >= 0.3 is 11.9 Å². The van der Waals surface area contributed by atoms with Crippen LogP contribution in [0.3, 0.4) is 0 Å². The summed E-state index contributed by atoms with van der Waals surface area (Å²) in [5, 5.41) is 20.9. The molecule has 0 aromatic rings. The highest BCUT2D eigenvalue weighted by Gasteiger charge is 2.60. The molecule has 182 valence electrons. The van der Waals surface area contributed by atoms with Gasteiger partial charge in [-0.2, -0.15) is 0 Å². The van der Waals surface area contributed by atoms with Crippen LogP contribution in [0.2, 0.25) is 0 Å². The van der Waals surface area contributed by atoms with Crippen molar-refractivity contribution in [3.8, 4) is 0 Å². The number of carbonyl (C=O) groups excluding carboxylic acids is 2. The number of rotatable bonds is 4. The average Bonchev–Trinajstić information content (AvgIpc) is 2.63. The Bertz CT molecular complexity index is 846. The van der Waals surface area contributed by atoms with Crippen molar-refractivity contribution in [1.82, 2.24) is 0 Å². The van der Waals surface area contributed by atoms with Gasteiger partial charge in [0.1, 0.15) is 11.2 Å². The Balaban J connectivity index is 0.000000139. The zero-order valence-electron chi connectivity index (χ0n) is 19.8. The van der Waals surface area contributed by atoms with Gasteiger partial charge in [-0.15, -0.1) is 0 Å². The molecule has 0 saturated heterocycles. The average molecular weight is 459 g/mol. The Labute approximate surface area is 196 Å². The largest absolute Gasteiger partial charge is 0.456 e. The van der Waals surface area contributed by atoms with E-state index in [4.69, 9.17) is 9.47 Å². The number of ether oxygens (including phenoxy) is 2. The molecule has 0 amide bonds. The smallest absolute Gasteiger partial charge is 0.333 e. The number of hydrogen-bond acceptors (Lipinski definition) is 6. The van der Waals surface area contributed by atoms with Crippen LogP contribution in [-0.2, 0) is 19.1 Å². The fourth-order valence-corrected chi connectivity index (χ4v) is 9.04. The zero-order chi connectivity index (χ0) is 23.6. The van der Waals surface area contributed by atoms with E-state index < -0.39 is 16.8 Å². The number of aliphatic hydroxyl groups is 2. The van der Waals surface area contributed by atoms with Gasteiger partial charge < -0.3 is 19.7 Å². The SMILES string of the molecule is C=C(C)C(=O)OC12CC3CC(CC(O)(C3)C1)C2.C=CC(=O)OC12CC3CC(CC(O)(C3)C1)C2. The fraction of sp³-hybridized carbons (Fsp3) is 0.778. The lowest BCUT2D eigenvalue weighted by atomic mass is 9.52. The summed E-state index contributed by atoms with van der Waals surface area (Å²) >= 11 is 0. The molecule has 2 N–H and O–H groups in total. The Morgan fingerprint density at radius 3 is 1.52 bits per heavy atom. The fourth-order valence-electron chi connectivity index (χ4n) is 9.04. The summed E-state index contributed by atoms with van der Waals surface area (Å²) in [6, 6.07) is 0. The predicted octanol–water partition coefficient (Wildman–Crippen LogP) is 3.99. The Morgan fingerprint density at radius 1 is 0.788 bits per heavy atom. The second-order valence-electron chi connectivity index (χ2n) is 12.5. The highest BCUT2D eigenvalue weighted by molar-refractivity contribution is 5.87. The summed E-state index contributed by atoms with van der Waals surface area (Å²) < 4.78 is 11.2. The highest BCUT2D eigenvalue weighted by atomic mass is 16.6. The Morgan fingerprint density at radius 2 is 1.18 bits per heavy atom. The van der Waals surface area contributed by atoms with Crippen LogP contribution in [0, 0.1) is 23.7 Å². The van der Waals surface area contributed by atoms with Gasteiger partial charge in [0.2, 0.25) is 0 Å². The Hall–Kier alpha value is -1.66. The van der Waals surface area contributed by atoms with Gasteiger partial charge in [0, 0.05) is 24.5 Å². The first-order valence-electron chi connectivity index (χ1n) is 12.6. The van der Waals surface area contributed by atoms with E-state index in [1.165, 1.54) is 18.9 Å². The van der Waals surface area contributed by atoms with Crippen molar-refractivity contribution in [2.75, 3.05) is 0 Å². The van der Waals surface area contributed by atoms with Crippen LogP contribution in [0.5, 0.6) is 0 Å². The molecular weight excluding hydrogens is 420 g/mol. The summed E-state index contributed by atoms with van der Waals surface area (Å²) in [4.78, 5) is 23.1. The van der Waals surface area contributed by atoms with E-state index in [1.54, 1.807) is 6.92 Å². The molecule has 8 aliphatic rings. The second kappa shape index (κ2) is 7.67. The topological polar surface area (TPSA) is 93.1 Å². The minimum Gasteiger partial charge on any atom is -0.456 e. The molecule has 0 radical (unpaired) electrons. The van der Waals surface area contributed by atoms with Crippen molar-refractivity contribution in [2.45, 2.75) is 106 Å². The molecule has 8 rings (SSSR count). The number of carbonyl (C=O) groups is 2. The maximum Gasteiger partial charge on any atom is 0.333 e. The maximum absolute atomic E-state index is 11.7. The van der Waals surface area contributed by atoms with E-state index in [-0.39, 0.29) is 17.5 Å². The van der Waals surface area contributed by atoms with Crippen molar-refractivity contribution >= 4 is 11.9 Å². The monoisotopic (exact) mass is 458 g/mol. The molecule has 0 aromatic heterocycles. The molecule has 33 heavy (non-hydrogen) atoms. The molecule has 4 atom stereocenters. The van der Waals surface area contributed by atoms with E-state index in [2.05, 4.69) is 13.2 Å². The predicted molar refractivity (Wildman–Crippen MR) is 122 cm³/mol. The quantitative estimate of drug-likeness (QED) is 0.489. The van der Waals surface area contributed by atoms with Crippen LogP contribution in [0.1, 0.15) is 84.0 Å². The minimum atomic E-state index is -0.570. The van der Waals surface area contributed by atoms with Crippen molar-refractivity contribution in [3.05, 3.63) is 24.8 Å². The molecule has 6 nitrogen and oxygen atoms in total. The summed E-state index contributed by atoms with van der Waals surface area (Å²) in [7, 11) is 0. The second-order valence-corrected chi connectivity index (χ2v) is 12.5. The molecule has 0 aliphatic heterocycles. The van der Waals surface area contributed by atoms with Crippen molar-refractivity contribution < 1.29 is 29.3 Å². The summed E-state index contributed by atoms with van der Waals surface area (Å²) in [6.07, 6.45) is 12.2. The van der Waals surface area contributed by atoms with Crippen LogP contribution < -0.4 is 0 Å². The normalized spacial score (nSPS) is 48.0. The van der Waals surface area contributed by atoms with Crippen molar-refractivity contribution in [3.63, 3.8) is 0 Å². The summed E-state index contributed by atoms with van der Waals surface area (Å²) in [6.45, 7) is 8.75. The highest BCUT2D eigenvalue weighted by Crippen LogP contribution is 2.60. The molecule has 8 fully saturated rings. The van der Waals surface area contributed by atoms with E-state index in [1.807, 2.05) is 0 Å². The first kappa shape index (κ1) is 23.1. The maximum atomic E-state index is 11.7. The Kier molecular flexibility index (Phi) is 5.37. The van der Waals surface area contributed by atoms with Gasteiger partial charge in [-0.25, -0.2) is 9.59 Å². The molecule has 8 bridgehead atoms. The van der Waals surface area contributed by atoms with Crippen molar-refractivity contribution in [1.29, 1.82) is 0 Å². The van der Waals surface area contributed by atoms with Crippen LogP contribution >= 0.6 is 0 Å². The van der Waals surface area contributed by atoms with E-state index in [0.717, 1.165) is 51.4 Å². The van der Waals surface area contributed by atoms with Crippen LogP contribution in [0.25, 0.3) is 0 Å². The zero-order valence-corrected chi connectivity index (χ0v) is 19.8. The molecule has 0 heterocycles. The van der Waals surface area contributed by atoms with Gasteiger partial charge in [-0.3, -0.25) is 0 Å². The van der Waals surface area contributed by atoms with Gasteiger partial charge in [0.05, 0.1) is 11.2 Å². The molecule has 8 aliphatic carbocycles.